The van der Waals surface area contributed by atoms with Crippen molar-refractivity contribution in [3.05, 3.63) is 77.9 Å². The molecule has 0 heterocycles. The number of carbonyl (C=O) groups excluding carboxylic acids is 1. The molecule has 21 heavy (non-hydrogen) atoms. The molecule has 0 fully saturated rings. The Morgan fingerprint density at radius 3 is 2.33 bits per heavy atom. The van der Waals surface area contributed by atoms with Gasteiger partial charge in [-0.15, -0.1) is 0 Å². The Bertz CT molecular complexity index is 575. The number of carbonyl (C=O) groups is 1. The third-order valence-electron chi connectivity index (χ3n) is 3.33. The minimum Gasteiger partial charge on any atom is -0.350 e. The molecule has 0 aliphatic carbocycles. The minimum absolute atomic E-state index is 0.0526. The van der Waals surface area contributed by atoms with Gasteiger partial charge in [-0.05, 0) is 24.5 Å². The lowest BCUT2D eigenvalue weighted by Crippen LogP contribution is -2.26. The molecule has 1 unspecified atom stereocenters. The molecule has 2 heteroatoms. The molecule has 2 aromatic rings. The smallest absolute Gasteiger partial charge is 0.220 e. The van der Waals surface area contributed by atoms with Gasteiger partial charge in [0.1, 0.15) is 0 Å². The van der Waals surface area contributed by atoms with E-state index in [1.807, 2.05) is 79.7 Å². The van der Waals surface area contributed by atoms with E-state index in [0.29, 0.717) is 6.42 Å². The van der Waals surface area contributed by atoms with Crippen molar-refractivity contribution in [3.63, 3.8) is 0 Å². The van der Waals surface area contributed by atoms with E-state index in [0.717, 1.165) is 17.5 Å². The van der Waals surface area contributed by atoms with Crippen LogP contribution in [0.5, 0.6) is 0 Å². The van der Waals surface area contributed by atoms with E-state index in [9.17, 15) is 4.79 Å². The van der Waals surface area contributed by atoms with E-state index in [-0.39, 0.29) is 11.9 Å². The zero-order chi connectivity index (χ0) is 14.9. The van der Waals surface area contributed by atoms with Crippen molar-refractivity contribution >= 4 is 12.0 Å². The van der Waals surface area contributed by atoms with Crippen molar-refractivity contribution in [2.24, 2.45) is 0 Å². The van der Waals surface area contributed by atoms with Crippen LogP contribution in [0.15, 0.2) is 66.7 Å². The van der Waals surface area contributed by atoms with Gasteiger partial charge in [-0.1, -0.05) is 72.8 Å². The minimum atomic E-state index is 0.0526. The molecule has 0 radical (unpaired) electrons. The summed E-state index contributed by atoms with van der Waals surface area (Å²) in [7, 11) is 0. The largest absolute Gasteiger partial charge is 0.350 e. The Balaban J connectivity index is 1.74. The monoisotopic (exact) mass is 279 g/mol. The molecule has 0 aromatic heterocycles. The van der Waals surface area contributed by atoms with Gasteiger partial charge in [0.05, 0.1) is 6.04 Å². The molecule has 0 aliphatic rings. The molecule has 0 saturated heterocycles. The SMILES string of the molecule is CC(NC(=O)CC/C=C/c1ccccc1)c1ccccc1. The molecule has 2 rings (SSSR count). The summed E-state index contributed by atoms with van der Waals surface area (Å²) in [5, 5.41) is 3.02. The molecule has 1 N–H and O–H groups in total. The van der Waals surface area contributed by atoms with Crippen molar-refractivity contribution in [2.45, 2.75) is 25.8 Å². The number of hydrogen-bond acceptors (Lipinski definition) is 1. The Kier molecular flexibility index (Phi) is 5.77. The Morgan fingerprint density at radius 2 is 1.67 bits per heavy atom. The first-order valence-corrected chi connectivity index (χ1v) is 7.31. The van der Waals surface area contributed by atoms with E-state index < -0.39 is 0 Å². The van der Waals surface area contributed by atoms with Crippen LogP contribution in [0.4, 0.5) is 0 Å². The molecule has 0 spiro atoms. The molecule has 0 aliphatic heterocycles. The third kappa shape index (κ3) is 5.27. The molecular weight excluding hydrogens is 258 g/mol. The van der Waals surface area contributed by atoms with Crippen LogP contribution in [-0.4, -0.2) is 5.91 Å². The highest BCUT2D eigenvalue weighted by Crippen LogP contribution is 2.11. The van der Waals surface area contributed by atoms with Crippen LogP contribution in [-0.2, 0) is 4.79 Å². The van der Waals surface area contributed by atoms with E-state index >= 15 is 0 Å². The van der Waals surface area contributed by atoms with Crippen molar-refractivity contribution < 1.29 is 4.79 Å². The molecule has 0 bridgehead atoms. The maximum atomic E-state index is 11.9. The number of allylic oxidation sites excluding steroid dienone is 1. The van der Waals surface area contributed by atoms with Gasteiger partial charge in [0.15, 0.2) is 0 Å². The lowest BCUT2D eigenvalue weighted by molar-refractivity contribution is -0.121. The average molecular weight is 279 g/mol. The summed E-state index contributed by atoms with van der Waals surface area (Å²) in [6.07, 6.45) is 5.36. The second-order valence-electron chi connectivity index (χ2n) is 5.05. The van der Waals surface area contributed by atoms with Gasteiger partial charge in [0.2, 0.25) is 5.91 Å². The quantitative estimate of drug-likeness (QED) is 0.836. The van der Waals surface area contributed by atoms with Gasteiger partial charge < -0.3 is 5.32 Å². The number of amides is 1. The fourth-order valence-electron chi connectivity index (χ4n) is 2.14. The molecular formula is C19H21NO. The van der Waals surface area contributed by atoms with Crippen molar-refractivity contribution in [1.29, 1.82) is 0 Å². The second-order valence-corrected chi connectivity index (χ2v) is 5.05. The maximum Gasteiger partial charge on any atom is 0.220 e. The van der Waals surface area contributed by atoms with Gasteiger partial charge in [-0.25, -0.2) is 0 Å². The fraction of sp³-hybridized carbons (Fsp3) is 0.211. The Labute approximate surface area is 126 Å². The van der Waals surface area contributed by atoms with Gasteiger partial charge in [-0.3, -0.25) is 4.79 Å². The van der Waals surface area contributed by atoms with Gasteiger partial charge in [0, 0.05) is 6.42 Å². The van der Waals surface area contributed by atoms with E-state index in [1.165, 1.54) is 0 Å². The first-order chi connectivity index (χ1) is 10.3. The van der Waals surface area contributed by atoms with Crippen LogP contribution in [0, 0.1) is 0 Å². The van der Waals surface area contributed by atoms with Crippen LogP contribution in [0.1, 0.15) is 36.9 Å². The molecule has 1 amide bonds. The van der Waals surface area contributed by atoms with Gasteiger partial charge >= 0.3 is 0 Å². The third-order valence-corrected chi connectivity index (χ3v) is 3.33. The lowest BCUT2D eigenvalue weighted by Gasteiger charge is -2.13. The lowest BCUT2D eigenvalue weighted by atomic mass is 10.1. The molecule has 108 valence electrons. The zero-order valence-corrected chi connectivity index (χ0v) is 12.3. The van der Waals surface area contributed by atoms with Crippen LogP contribution in [0.25, 0.3) is 6.08 Å². The van der Waals surface area contributed by atoms with E-state index in [2.05, 4.69) is 5.32 Å². The second kappa shape index (κ2) is 8.05. The molecule has 2 nitrogen and oxygen atoms in total. The summed E-state index contributed by atoms with van der Waals surface area (Å²) >= 11 is 0. The van der Waals surface area contributed by atoms with Crippen LogP contribution < -0.4 is 5.32 Å². The summed E-state index contributed by atoms with van der Waals surface area (Å²) in [5.41, 5.74) is 2.29. The molecule has 2 aromatic carbocycles. The summed E-state index contributed by atoms with van der Waals surface area (Å²) < 4.78 is 0. The van der Waals surface area contributed by atoms with Gasteiger partial charge in [0.25, 0.3) is 0 Å². The van der Waals surface area contributed by atoms with Crippen molar-refractivity contribution in [1.82, 2.24) is 5.32 Å². The fourth-order valence-corrected chi connectivity index (χ4v) is 2.14. The van der Waals surface area contributed by atoms with E-state index in [1.54, 1.807) is 0 Å². The maximum absolute atomic E-state index is 11.9. The van der Waals surface area contributed by atoms with Crippen molar-refractivity contribution in [2.75, 3.05) is 0 Å². The molecule has 0 saturated carbocycles. The van der Waals surface area contributed by atoms with Crippen molar-refractivity contribution in [3.8, 4) is 0 Å². The van der Waals surface area contributed by atoms with Crippen LogP contribution in [0.2, 0.25) is 0 Å². The van der Waals surface area contributed by atoms with Gasteiger partial charge in [-0.2, -0.15) is 0 Å². The Morgan fingerprint density at radius 1 is 1.05 bits per heavy atom. The topological polar surface area (TPSA) is 29.1 Å². The average Bonchev–Trinajstić information content (AvgIpc) is 2.53. The predicted molar refractivity (Wildman–Crippen MR) is 87.7 cm³/mol. The predicted octanol–water partition coefficient (Wildman–Crippen LogP) is 4.36. The first-order valence-electron chi connectivity index (χ1n) is 7.31. The summed E-state index contributed by atoms with van der Waals surface area (Å²) in [6, 6.07) is 20.2. The highest BCUT2D eigenvalue weighted by Gasteiger charge is 2.07. The molecule has 1 atom stereocenters. The van der Waals surface area contributed by atoms with E-state index in [4.69, 9.17) is 0 Å². The summed E-state index contributed by atoms with van der Waals surface area (Å²) in [4.78, 5) is 11.9. The summed E-state index contributed by atoms with van der Waals surface area (Å²) in [5.74, 6) is 0.0871. The highest BCUT2D eigenvalue weighted by molar-refractivity contribution is 5.76. The number of nitrogens with one attached hydrogen (secondary N) is 1. The van der Waals surface area contributed by atoms with Crippen LogP contribution in [0.3, 0.4) is 0 Å². The summed E-state index contributed by atoms with van der Waals surface area (Å²) in [6.45, 7) is 2.01. The number of rotatable bonds is 6. The Hall–Kier alpha value is -2.35. The number of hydrogen-bond donors (Lipinski definition) is 1. The number of benzene rings is 2. The standard InChI is InChI=1S/C19H21NO/c1-16(18-13-6-3-7-14-18)20-19(21)15-9-8-12-17-10-4-2-5-11-17/h2-8,10-14,16H,9,15H2,1H3,(H,20,21)/b12-8+. The highest BCUT2D eigenvalue weighted by atomic mass is 16.1. The van der Waals surface area contributed by atoms with Crippen LogP contribution >= 0.6 is 0 Å². The zero-order valence-electron chi connectivity index (χ0n) is 12.3. The first kappa shape index (κ1) is 15.0. The normalized spacial score (nSPS) is 12.2.